The largest absolute Gasteiger partial charge is 0.396 e. The van der Waals surface area contributed by atoms with Crippen molar-refractivity contribution in [2.75, 3.05) is 26.7 Å². The van der Waals surface area contributed by atoms with Crippen molar-refractivity contribution in [2.24, 2.45) is 17.8 Å². The van der Waals surface area contributed by atoms with Crippen LogP contribution >= 0.6 is 0 Å². The average Bonchev–Trinajstić information content (AvgIpc) is 2.43. The van der Waals surface area contributed by atoms with Crippen molar-refractivity contribution >= 4 is 0 Å². The third kappa shape index (κ3) is 0.867. The van der Waals surface area contributed by atoms with E-state index in [9.17, 15) is 0 Å². The molecule has 1 N–H and O–H groups in total. The first-order valence-corrected chi connectivity index (χ1v) is 4.12. The van der Waals surface area contributed by atoms with Crippen LogP contribution in [0.5, 0.6) is 0 Å². The van der Waals surface area contributed by atoms with Gasteiger partial charge in [-0.05, 0) is 31.2 Å². The highest BCUT2D eigenvalue weighted by molar-refractivity contribution is 5.03. The molecule has 0 aromatic rings. The van der Waals surface area contributed by atoms with Gasteiger partial charge in [0.05, 0.1) is 0 Å². The fraction of sp³-hybridized carbons (Fsp3) is 1.00. The molecule has 1 saturated carbocycles. The summed E-state index contributed by atoms with van der Waals surface area (Å²) in [6.45, 7) is 2.94. The molecule has 0 amide bonds. The second-order valence-corrected chi connectivity index (χ2v) is 3.73. The fourth-order valence-electron chi connectivity index (χ4n) is 2.44. The first kappa shape index (κ1) is 6.62. The molecule has 0 unspecified atom stereocenters. The van der Waals surface area contributed by atoms with E-state index in [1.165, 1.54) is 13.1 Å². The number of rotatable bonds is 2. The molecule has 1 saturated heterocycles. The first-order chi connectivity index (χ1) is 4.83. The Hall–Kier alpha value is -0.0800. The summed E-state index contributed by atoms with van der Waals surface area (Å²) in [4.78, 5) is 2.39. The van der Waals surface area contributed by atoms with Gasteiger partial charge < -0.3 is 10.0 Å². The van der Waals surface area contributed by atoms with Gasteiger partial charge in [0.2, 0.25) is 0 Å². The van der Waals surface area contributed by atoms with Gasteiger partial charge in [-0.1, -0.05) is 0 Å². The van der Waals surface area contributed by atoms with Crippen molar-refractivity contribution in [3.8, 4) is 0 Å². The molecule has 1 heterocycles. The van der Waals surface area contributed by atoms with Gasteiger partial charge in [-0.15, -0.1) is 0 Å². The molecule has 2 nitrogen and oxygen atoms in total. The van der Waals surface area contributed by atoms with Gasteiger partial charge in [-0.25, -0.2) is 0 Å². The Morgan fingerprint density at radius 1 is 1.40 bits per heavy atom. The molecule has 2 fully saturated rings. The minimum atomic E-state index is 0.390. The maximum Gasteiger partial charge on any atom is 0.0433 e. The van der Waals surface area contributed by atoms with Crippen LogP contribution in [0.2, 0.25) is 0 Å². The third-order valence-electron chi connectivity index (χ3n) is 3.02. The maximum absolute atomic E-state index is 8.68. The maximum atomic E-state index is 8.68. The second kappa shape index (κ2) is 2.21. The summed E-state index contributed by atoms with van der Waals surface area (Å²) in [5.41, 5.74) is 0. The molecule has 0 spiro atoms. The quantitative estimate of drug-likeness (QED) is 0.593. The Bertz CT molecular complexity index is 118. The minimum Gasteiger partial charge on any atom is -0.396 e. The lowest BCUT2D eigenvalue weighted by atomic mass is 10.2. The molecule has 3 atom stereocenters. The lowest BCUT2D eigenvalue weighted by Gasteiger charge is -2.11. The van der Waals surface area contributed by atoms with Crippen molar-refractivity contribution < 1.29 is 5.11 Å². The van der Waals surface area contributed by atoms with Crippen LogP contribution in [0.25, 0.3) is 0 Å². The number of piperidine rings is 1. The summed E-state index contributed by atoms with van der Waals surface area (Å²) in [6.07, 6.45) is 1.04. The Labute approximate surface area is 61.8 Å². The lowest BCUT2D eigenvalue weighted by Crippen LogP contribution is -2.19. The molecular weight excluding hydrogens is 126 g/mol. The van der Waals surface area contributed by atoms with Crippen LogP contribution < -0.4 is 0 Å². The highest BCUT2D eigenvalue weighted by atomic mass is 16.3. The monoisotopic (exact) mass is 141 g/mol. The van der Waals surface area contributed by atoms with Crippen LogP contribution in [-0.4, -0.2) is 36.8 Å². The number of nitrogens with zero attached hydrogens (tertiary/aromatic N) is 1. The summed E-state index contributed by atoms with van der Waals surface area (Å²) < 4.78 is 0. The van der Waals surface area contributed by atoms with Crippen molar-refractivity contribution in [1.29, 1.82) is 0 Å². The molecule has 2 aliphatic rings. The molecule has 58 valence electrons. The van der Waals surface area contributed by atoms with Gasteiger partial charge in [0.25, 0.3) is 0 Å². The Morgan fingerprint density at radius 2 is 2.00 bits per heavy atom. The van der Waals surface area contributed by atoms with Crippen molar-refractivity contribution in [3.05, 3.63) is 0 Å². The van der Waals surface area contributed by atoms with Gasteiger partial charge in [0, 0.05) is 19.7 Å². The van der Waals surface area contributed by atoms with E-state index in [0.717, 1.165) is 24.2 Å². The van der Waals surface area contributed by atoms with Gasteiger partial charge in [0.15, 0.2) is 0 Å². The Kier molecular flexibility index (Phi) is 1.46. The standard InChI is InChI=1S/C8H15NO/c1-9-4-7-6(2-3-10)8(7)5-9/h6-8,10H,2-5H2,1H3/t6-,7-,8+. The van der Waals surface area contributed by atoms with E-state index < -0.39 is 0 Å². The third-order valence-corrected chi connectivity index (χ3v) is 3.02. The highest BCUT2D eigenvalue weighted by Gasteiger charge is 2.53. The summed E-state index contributed by atoms with van der Waals surface area (Å²) in [5.74, 6) is 2.76. The van der Waals surface area contributed by atoms with E-state index in [1.807, 2.05) is 0 Å². The van der Waals surface area contributed by atoms with E-state index in [1.54, 1.807) is 0 Å². The average molecular weight is 141 g/mol. The van der Waals surface area contributed by atoms with Crippen LogP contribution in [0.1, 0.15) is 6.42 Å². The van der Waals surface area contributed by atoms with Crippen LogP contribution in [0.15, 0.2) is 0 Å². The second-order valence-electron chi connectivity index (χ2n) is 3.73. The molecule has 1 aliphatic heterocycles. The fourth-order valence-corrected chi connectivity index (χ4v) is 2.44. The molecule has 0 radical (unpaired) electrons. The number of hydrogen-bond acceptors (Lipinski definition) is 2. The summed E-state index contributed by atoms with van der Waals surface area (Å²) >= 11 is 0. The predicted molar refractivity (Wildman–Crippen MR) is 39.7 cm³/mol. The molecule has 0 aromatic heterocycles. The zero-order chi connectivity index (χ0) is 7.14. The van der Waals surface area contributed by atoms with E-state index >= 15 is 0 Å². The Balaban J connectivity index is 1.81. The molecule has 2 rings (SSSR count). The summed E-state index contributed by atoms with van der Waals surface area (Å²) in [7, 11) is 2.18. The predicted octanol–water partition coefficient (Wildman–Crippen LogP) is 0.176. The zero-order valence-corrected chi connectivity index (χ0v) is 6.45. The van der Waals surface area contributed by atoms with E-state index in [2.05, 4.69) is 11.9 Å². The molecule has 0 aromatic carbocycles. The molecule has 1 aliphatic carbocycles. The summed E-state index contributed by atoms with van der Waals surface area (Å²) in [6, 6.07) is 0. The van der Waals surface area contributed by atoms with Crippen molar-refractivity contribution in [2.45, 2.75) is 6.42 Å². The van der Waals surface area contributed by atoms with E-state index in [-0.39, 0.29) is 0 Å². The van der Waals surface area contributed by atoms with Crippen molar-refractivity contribution in [3.63, 3.8) is 0 Å². The summed E-state index contributed by atoms with van der Waals surface area (Å²) in [5, 5.41) is 8.68. The van der Waals surface area contributed by atoms with Gasteiger partial charge in [-0.2, -0.15) is 0 Å². The van der Waals surface area contributed by atoms with Crippen LogP contribution in [0, 0.1) is 17.8 Å². The van der Waals surface area contributed by atoms with E-state index in [0.29, 0.717) is 6.61 Å². The molecule has 10 heavy (non-hydrogen) atoms. The Morgan fingerprint density at radius 3 is 2.50 bits per heavy atom. The van der Waals surface area contributed by atoms with E-state index in [4.69, 9.17) is 5.11 Å². The normalized spacial score (nSPS) is 45.6. The lowest BCUT2D eigenvalue weighted by molar-refractivity contribution is 0.258. The van der Waals surface area contributed by atoms with Gasteiger partial charge in [-0.3, -0.25) is 0 Å². The minimum absolute atomic E-state index is 0.390. The van der Waals surface area contributed by atoms with Crippen LogP contribution in [0.3, 0.4) is 0 Å². The van der Waals surface area contributed by atoms with Crippen LogP contribution in [0.4, 0.5) is 0 Å². The van der Waals surface area contributed by atoms with Gasteiger partial charge >= 0.3 is 0 Å². The number of hydrogen-bond donors (Lipinski definition) is 1. The number of fused-ring (bicyclic) bond motifs is 1. The number of likely N-dealkylation sites (tertiary alicyclic amines) is 1. The molecule has 2 heteroatoms. The van der Waals surface area contributed by atoms with Crippen molar-refractivity contribution in [1.82, 2.24) is 4.90 Å². The molecular formula is C8H15NO. The highest BCUT2D eigenvalue weighted by Crippen LogP contribution is 2.52. The SMILES string of the molecule is CN1C[C@@H]2[C@@H](CCO)[C@@H]2C1. The molecule has 0 bridgehead atoms. The zero-order valence-electron chi connectivity index (χ0n) is 6.45. The van der Waals surface area contributed by atoms with Gasteiger partial charge in [0.1, 0.15) is 0 Å². The topological polar surface area (TPSA) is 23.5 Å². The van der Waals surface area contributed by atoms with Crippen LogP contribution in [-0.2, 0) is 0 Å². The smallest absolute Gasteiger partial charge is 0.0433 e. The number of aliphatic hydroxyl groups excluding tert-OH is 1. The number of aliphatic hydroxyl groups is 1. The first-order valence-electron chi connectivity index (χ1n) is 4.12.